The van der Waals surface area contributed by atoms with Crippen molar-refractivity contribution in [3.8, 4) is 0 Å². The zero-order chi connectivity index (χ0) is 36.0. The molecular weight excluding hydrogens is 636 g/mol. The van der Waals surface area contributed by atoms with Crippen LogP contribution in [0.3, 0.4) is 0 Å². The number of nitrogens with zero attached hydrogens (tertiary/aromatic N) is 2. The molecule has 48 heavy (non-hydrogen) atoms. The minimum Gasteiger partial charge on any atom is -0.347 e. The second kappa shape index (κ2) is 13.9. The van der Waals surface area contributed by atoms with Gasteiger partial charge >= 0.3 is 6.03 Å². The topological polar surface area (TPSA) is 174 Å². The molecule has 0 bridgehead atoms. The Morgan fingerprint density at radius 2 is 1.58 bits per heavy atom. The van der Waals surface area contributed by atoms with Gasteiger partial charge in [-0.15, -0.1) is 0 Å². The van der Waals surface area contributed by atoms with Crippen LogP contribution in [0.5, 0.6) is 0 Å². The van der Waals surface area contributed by atoms with Crippen molar-refractivity contribution in [3.05, 3.63) is 0 Å². The summed E-state index contributed by atoms with van der Waals surface area (Å²) in [6, 6.07) is -3.54. The van der Waals surface area contributed by atoms with E-state index in [0.29, 0.717) is 25.8 Å². The number of hydrogen-bond acceptors (Lipinski definition) is 7. The van der Waals surface area contributed by atoms with Crippen LogP contribution in [-0.2, 0) is 29.2 Å². The summed E-state index contributed by atoms with van der Waals surface area (Å²) in [6.45, 7) is 13.4. The van der Waals surface area contributed by atoms with Gasteiger partial charge in [-0.25, -0.2) is 17.5 Å². The fourth-order valence-corrected chi connectivity index (χ4v) is 9.39. The molecule has 0 aromatic heterocycles. The average molecular weight is 695 g/mol. The van der Waals surface area contributed by atoms with Gasteiger partial charge in [0.2, 0.25) is 27.6 Å². The summed E-state index contributed by atoms with van der Waals surface area (Å²) in [5.41, 5.74) is -1.97. The monoisotopic (exact) mass is 694 g/mol. The summed E-state index contributed by atoms with van der Waals surface area (Å²) < 4.78 is 27.6. The third-order valence-corrected chi connectivity index (χ3v) is 13.7. The molecule has 1 saturated heterocycles. The van der Waals surface area contributed by atoms with Crippen LogP contribution in [0, 0.1) is 22.7 Å². The van der Waals surface area contributed by atoms with Crippen molar-refractivity contribution < 1.29 is 32.4 Å². The smallest absolute Gasteiger partial charge is 0.315 e. The Kier molecular flexibility index (Phi) is 11.0. The molecule has 4 fully saturated rings. The van der Waals surface area contributed by atoms with Crippen molar-refractivity contribution in [2.75, 3.05) is 20.6 Å². The molecule has 0 radical (unpaired) electrons. The number of hydrogen-bond donors (Lipinski definition) is 4. The molecule has 0 aromatic carbocycles. The highest BCUT2D eigenvalue weighted by Gasteiger charge is 2.70. The molecule has 0 spiro atoms. The largest absolute Gasteiger partial charge is 0.347 e. The molecule has 3 saturated carbocycles. The fourth-order valence-electron chi connectivity index (χ4n) is 7.90. The van der Waals surface area contributed by atoms with E-state index in [4.69, 9.17) is 0 Å². The summed E-state index contributed by atoms with van der Waals surface area (Å²) in [5.74, 6) is -2.37. The standard InChI is InChI=1S/C34H58N6O7S/c1-10-14-23(26(41)29(43)35-21-15-16-21)36-28(42)25-24-22(33(24,6)7)19-40(25)30(44)27(32(3,4)5)37-31(45)38-34(17-12-11-13-18-34)20(2)48(46,47)39(8)9/h20-25,27H,10-19H2,1-9H3,(H,35,43)(H,36,42)(H2,37,38,45)/t20-,22+,23+,24+,25?,27-/m1/s1. The van der Waals surface area contributed by atoms with E-state index in [1.807, 2.05) is 27.7 Å². The number of Topliss-reactive ketones (excluding diaryl/α,β-unsaturated/α-hetero) is 1. The summed E-state index contributed by atoms with van der Waals surface area (Å²) in [6.07, 6.45) is 5.97. The molecule has 1 heterocycles. The van der Waals surface area contributed by atoms with E-state index < -0.39 is 73.9 Å². The SMILES string of the molecule is CCC[C@H](NC(=O)C1[C@@H]2[C@H](CN1C(=O)[C@@H](NC(=O)NC1([C@@H](C)S(=O)(=O)N(C)C)CCCCC1)C(C)(C)C)C2(C)C)C(=O)C(=O)NC1CC1. The Hall–Kier alpha value is -2.74. The molecule has 1 aliphatic heterocycles. The predicted octanol–water partition coefficient (Wildman–Crippen LogP) is 2.30. The minimum atomic E-state index is -3.70. The van der Waals surface area contributed by atoms with E-state index in [0.717, 1.165) is 32.1 Å². The summed E-state index contributed by atoms with van der Waals surface area (Å²) in [4.78, 5) is 69.4. The first-order chi connectivity index (χ1) is 22.2. The minimum absolute atomic E-state index is 0.00279. The molecule has 0 aromatic rings. The van der Waals surface area contributed by atoms with Gasteiger partial charge in [-0.1, -0.05) is 67.2 Å². The first kappa shape index (κ1) is 38.1. The van der Waals surface area contributed by atoms with Crippen LogP contribution in [0.25, 0.3) is 0 Å². The second-order valence-corrected chi connectivity index (χ2v) is 18.9. The first-order valence-electron chi connectivity index (χ1n) is 17.6. The Bertz CT molecular complexity index is 1380. The van der Waals surface area contributed by atoms with Gasteiger partial charge in [-0.05, 0) is 61.7 Å². The van der Waals surface area contributed by atoms with E-state index in [1.54, 1.807) is 6.92 Å². The average Bonchev–Trinajstić information content (AvgIpc) is 3.85. The highest BCUT2D eigenvalue weighted by atomic mass is 32.2. The van der Waals surface area contributed by atoms with Gasteiger partial charge in [-0.3, -0.25) is 19.2 Å². The molecule has 4 N–H and O–H groups in total. The molecule has 1 unspecified atom stereocenters. The zero-order valence-corrected chi connectivity index (χ0v) is 31.1. The Labute approximate surface area is 286 Å². The van der Waals surface area contributed by atoms with Crippen molar-refractivity contribution in [1.82, 2.24) is 30.5 Å². The number of piperidine rings is 1. The van der Waals surface area contributed by atoms with Gasteiger partial charge in [-0.2, -0.15) is 0 Å². The van der Waals surface area contributed by atoms with Crippen molar-refractivity contribution in [3.63, 3.8) is 0 Å². The van der Waals surface area contributed by atoms with Gasteiger partial charge in [0.25, 0.3) is 5.91 Å². The first-order valence-corrected chi connectivity index (χ1v) is 19.1. The van der Waals surface area contributed by atoms with Gasteiger partial charge in [0.05, 0.1) is 16.8 Å². The number of ketones is 1. The number of nitrogens with one attached hydrogen (secondary N) is 4. The van der Waals surface area contributed by atoms with Crippen molar-refractivity contribution in [1.29, 1.82) is 0 Å². The van der Waals surface area contributed by atoms with E-state index in [2.05, 4.69) is 35.1 Å². The molecule has 3 aliphatic carbocycles. The number of carbonyl (C=O) groups excluding carboxylic acids is 5. The number of carbonyl (C=O) groups is 5. The quantitative estimate of drug-likeness (QED) is 0.214. The summed E-state index contributed by atoms with van der Waals surface area (Å²) in [5, 5.41) is 10.5. The number of likely N-dealkylation sites (tertiary alicyclic amines) is 1. The second-order valence-electron chi connectivity index (χ2n) is 16.4. The summed E-state index contributed by atoms with van der Waals surface area (Å²) in [7, 11) is -0.741. The molecule has 5 amide bonds. The maximum absolute atomic E-state index is 14.4. The molecule has 14 heteroatoms. The Morgan fingerprint density at radius 3 is 2.10 bits per heavy atom. The van der Waals surface area contributed by atoms with Crippen LogP contribution < -0.4 is 21.3 Å². The maximum Gasteiger partial charge on any atom is 0.315 e. The Balaban J connectivity index is 1.55. The molecular formula is C34H58N6O7S. The van der Waals surface area contributed by atoms with Crippen LogP contribution in [0.1, 0.15) is 106 Å². The van der Waals surface area contributed by atoms with Crippen LogP contribution in [-0.4, -0.2) is 103 Å². The van der Waals surface area contributed by atoms with E-state index in [1.165, 1.54) is 23.3 Å². The lowest BCUT2D eigenvalue weighted by Crippen LogP contribution is -2.65. The number of urea groups is 1. The van der Waals surface area contributed by atoms with E-state index in [-0.39, 0.29) is 29.7 Å². The molecule has 4 rings (SSSR count). The van der Waals surface area contributed by atoms with Crippen LogP contribution in [0.15, 0.2) is 0 Å². The highest BCUT2D eigenvalue weighted by molar-refractivity contribution is 7.89. The highest BCUT2D eigenvalue weighted by Crippen LogP contribution is 2.65. The van der Waals surface area contributed by atoms with Crippen molar-refractivity contribution in [2.45, 2.75) is 141 Å². The summed E-state index contributed by atoms with van der Waals surface area (Å²) >= 11 is 0. The number of amides is 5. The van der Waals surface area contributed by atoms with Crippen LogP contribution >= 0.6 is 0 Å². The molecule has 272 valence electrons. The third-order valence-electron chi connectivity index (χ3n) is 11.3. The molecule has 6 atom stereocenters. The van der Waals surface area contributed by atoms with Crippen LogP contribution in [0.2, 0.25) is 0 Å². The van der Waals surface area contributed by atoms with Gasteiger partial charge < -0.3 is 26.2 Å². The molecule has 13 nitrogen and oxygen atoms in total. The van der Waals surface area contributed by atoms with E-state index in [9.17, 15) is 32.4 Å². The van der Waals surface area contributed by atoms with E-state index >= 15 is 0 Å². The predicted molar refractivity (Wildman–Crippen MR) is 182 cm³/mol. The van der Waals surface area contributed by atoms with Crippen LogP contribution in [0.4, 0.5) is 4.79 Å². The number of rotatable bonds is 13. The number of fused-ring (bicyclic) bond motifs is 1. The lowest BCUT2D eigenvalue weighted by molar-refractivity contribution is -0.145. The van der Waals surface area contributed by atoms with Crippen molar-refractivity contribution >= 4 is 39.6 Å². The zero-order valence-electron chi connectivity index (χ0n) is 30.3. The Morgan fingerprint density at radius 1 is 0.979 bits per heavy atom. The number of sulfonamides is 1. The van der Waals surface area contributed by atoms with Gasteiger partial charge in [0.1, 0.15) is 12.1 Å². The third kappa shape index (κ3) is 7.69. The molecule has 4 aliphatic rings. The maximum atomic E-state index is 14.4. The lowest BCUT2D eigenvalue weighted by atomic mass is 9.79. The van der Waals surface area contributed by atoms with Gasteiger partial charge in [0.15, 0.2) is 0 Å². The normalized spacial score (nSPS) is 26.5. The lowest BCUT2D eigenvalue weighted by Gasteiger charge is -2.44. The van der Waals surface area contributed by atoms with Gasteiger partial charge in [0, 0.05) is 26.7 Å². The van der Waals surface area contributed by atoms with Crippen molar-refractivity contribution in [2.24, 2.45) is 22.7 Å². The fraction of sp³-hybridized carbons (Fsp3) is 0.853.